The molecule has 3 nitrogen and oxygen atoms in total. The van der Waals surface area contributed by atoms with Gasteiger partial charge in [0.2, 0.25) is 5.91 Å². The molecule has 1 N–H and O–H groups in total. The van der Waals surface area contributed by atoms with Crippen LogP contribution in [0.2, 0.25) is 0 Å². The minimum Gasteiger partial charge on any atom is -0.339 e. The van der Waals surface area contributed by atoms with E-state index in [0.717, 1.165) is 38.9 Å². The van der Waals surface area contributed by atoms with Crippen LogP contribution in [0, 0.1) is 5.92 Å². The van der Waals surface area contributed by atoms with Crippen LogP contribution in [0.4, 0.5) is 0 Å². The van der Waals surface area contributed by atoms with Crippen LogP contribution in [0.15, 0.2) is 0 Å². The Balaban J connectivity index is 1.71. The molecule has 19 heavy (non-hydrogen) atoms. The second kappa shape index (κ2) is 7.88. The van der Waals surface area contributed by atoms with Crippen molar-refractivity contribution < 1.29 is 4.79 Å². The van der Waals surface area contributed by atoms with Crippen molar-refractivity contribution in [2.24, 2.45) is 5.92 Å². The monoisotopic (exact) mass is 266 g/mol. The van der Waals surface area contributed by atoms with Gasteiger partial charge < -0.3 is 10.2 Å². The van der Waals surface area contributed by atoms with Crippen molar-refractivity contribution in [2.45, 2.75) is 70.8 Å². The standard InChI is InChI=1S/C16H30N2O/c1-2-3-4-5-6-7-12-18-15-10-11-17-13-14(15)8-9-16(18)19/h14-15,17H,2-13H2,1H3. The van der Waals surface area contributed by atoms with Gasteiger partial charge in [-0.25, -0.2) is 0 Å². The lowest BCUT2D eigenvalue weighted by Crippen LogP contribution is -2.55. The fraction of sp³-hybridized carbons (Fsp3) is 0.938. The van der Waals surface area contributed by atoms with Crippen molar-refractivity contribution in [3.05, 3.63) is 0 Å². The highest BCUT2D eigenvalue weighted by Crippen LogP contribution is 2.28. The highest BCUT2D eigenvalue weighted by Gasteiger charge is 2.36. The van der Waals surface area contributed by atoms with E-state index in [0.29, 0.717) is 17.9 Å². The first-order chi connectivity index (χ1) is 9.33. The van der Waals surface area contributed by atoms with Crippen LogP contribution < -0.4 is 5.32 Å². The van der Waals surface area contributed by atoms with Crippen molar-refractivity contribution in [1.82, 2.24) is 10.2 Å². The maximum absolute atomic E-state index is 12.1. The largest absolute Gasteiger partial charge is 0.339 e. The van der Waals surface area contributed by atoms with Gasteiger partial charge in [-0.2, -0.15) is 0 Å². The molecule has 2 unspecified atom stereocenters. The van der Waals surface area contributed by atoms with Gasteiger partial charge in [0.25, 0.3) is 0 Å². The normalized spacial score (nSPS) is 27.4. The Hall–Kier alpha value is -0.570. The molecule has 2 aliphatic heterocycles. The Kier molecular flexibility index (Phi) is 6.15. The van der Waals surface area contributed by atoms with E-state index >= 15 is 0 Å². The molecule has 0 aliphatic carbocycles. The molecule has 2 fully saturated rings. The lowest BCUT2D eigenvalue weighted by atomic mass is 9.84. The van der Waals surface area contributed by atoms with Gasteiger partial charge in [-0.3, -0.25) is 4.79 Å². The van der Waals surface area contributed by atoms with E-state index in [1.807, 2.05) is 0 Å². The zero-order chi connectivity index (χ0) is 13.5. The van der Waals surface area contributed by atoms with Gasteiger partial charge in [-0.1, -0.05) is 39.0 Å². The molecule has 0 aromatic heterocycles. The summed E-state index contributed by atoms with van der Waals surface area (Å²) in [5.41, 5.74) is 0. The summed E-state index contributed by atoms with van der Waals surface area (Å²) >= 11 is 0. The number of nitrogens with one attached hydrogen (secondary N) is 1. The minimum absolute atomic E-state index is 0.414. The minimum atomic E-state index is 0.414. The predicted molar refractivity (Wildman–Crippen MR) is 79.1 cm³/mol. The highest BCUT2D eigenvalue weighted by atomic mass is 16.2. The van der Waals surface area contributed by atoms with Crippen molar-refractivity contribution in [3.63, 3.8) is 0 Å². The Bertz CT molecular complexity index is 280. The summed E-state index contributed by atoms with van der Waals surface area (Å²) < 4.78 is 0. The number of carbonyl (C=O) groups excluding carboxylic acids is 1. The average molecular weight is 266 g/mol. The molecule has 2 aliphatic rings. The van der Waals surface area contributed by atoms with Gasteiger partial charge in [0, 0.05) is 19.0 Å². The average Bonchev–Trinajstić information content (AvgIpc) is 2.44. The fourth-order valence-corrected chi connectivity index (χ4v) is 3.60. The van der Waals surface area contributed by atoms with E-state index < -0.39 is 0 Å². The molecule has 3 heteroatoms. The van der Waals surface area contributed by atoms with Crippen molar-refractivity contribution in [3.8, 4) is 0 Å². The topological polar surface area (TPSA) is 32.3 Å². The molecule has 2 heterocycles. The smallest absolute Gasteiger partial charge is 0.222 e. The number of hydrogen-bond donors (Lipinski definition) is 1. The van der Waals surface area contributed by atoms with Gasteiger partial charge in [0.1, 0.15) is 0 Å². The number of fused-ring (bicyclic) bond motifs is 1. The molecular formula is C16H30N2O. The number of unbranched alkanes of at least 4 members (excludes halogenated alkanes) is 5. The quantitative estimate of drug-likeness (QED) is 0.719. The van der Waals surface area contributed by atoms with Gasteiger partial charge in [0.15, 0.2) is 0 Å². The number of likely N-dealkylation sites (tertiary alicyclic amines) is 1. The van der Waals surface area contributed by atoms with E-state index in [1.54, 1.807) is 0 Å². The number of nitrogens with zero attached hydrogens (tertiary/aromatic N) is 1. The lowest BCUT2D eigenvalue weighted by Gasteiger charge is -2.44. The molecule has 0 bridgehead atoms. The van der Waals surface area contributed by atoms with Gasteiger partial charge in [-0.15, -0.1) is 0 Å². The van der Waals surface area contributed by atoms with E-state index in [2.05, 4.69) is 17.1 Å². The Morgan fingerprint density at radius 2 is 1.95 bits per heavy atom. The van der Waals surface area contributed by atoms with Crippen LogP contribution in [0.1, 0.15) is 64.7 Å². The van der Waals surface area contributed by atoms with Crippen molar-refractivity contribution >= 4 is 5.91 Å². The van der Waals surface area contributed by atoms with Crippen LogP contribution in [-0.2, 0) is 4.79 Å². The zero-order valence-electron chi connectivity index (χ0n) is 12.5. The maximum atomic E-state index is 12.1. The Morgan fingerprint density at radius 1 is 1.16 bits per heavy atom. The number of piperidine rings is 2. The third-order valence-corrected chi connectivity index (χ3v) is 4.77. The summed E-state index contributed by atoms with van der Waals surface area (Å²) in [5.74, 6) is 1.13. The Morgan fingerprint density at radius 3 is 2.79 bits per heavy atom. The summed E-state index contributed by atoms with van der Waals surface area (Å²) in [5, 5.41) is 3.47. The van der Waals surface area contributed by atoms with Crippen LogP contribution in [-0.4, -0.2) is 36.5 Å². The van der Waals surface area contributed by atoms with E-state index in [1.165, 1.54) is 38.5 Å². The summed E-state index contributed by atoms with van der Waals surface area (Å²) in [4.78, 5) is 14.3. The molecule has 0 radical (unpaired) electrons. The maximum Gasteiger partial charge on any atom is 0.222 e. The number of rotatable bonds is 7. The lowest BCUT2D eigenvalue weighted by molar-refractivity contribution is -0.139. The molecule has 0 aromatic rings. The van der Waals surface area contributed by atoms with E-state index in [4.69, 9.17) is 0 Å². The molecule has 0 aromatic carbocycles. The molecular weight excluding hydrogens is 236 g/mol. The third-order valence-electron chi connectivity index (χ3n) is 4.77. The van der Waals surface area contributed by atoms with Crippen LogP contribution in [0.3, 0.4) is 0 Å². The number of hydrogen-bond acceptors (Lipinski definition) is 2. The first-order valence-electron chi connectivity index (χ1n) is 8.33. The second-order valence-corrected chi connectivity index (χ2v) is 6.21. The third kappa shape index (κ3) is 4.20. The first-order valence-corrected chi connectivity index (χ1v) is 8.33. The number of carbonyl (C=O) groups is 1. The van der Waals surface area contributed by atoms with Crippen LogP contribution in [0.25, 0.3) is 0 Å². The predicted octanol–water partition coefficient (Wildman–Crippen LogP) is 2.95. The summed E-state index contributed by atoms with van der Waals surface area (Å²) in [6.45, 7) is 5.46. The van der Waals surface area contributed by atoms with Crippen molar-refractivity contribution in [1.29, 1.82) is 0 Å². The summed E-state index contributed by atoms with van der Waals surface area (Å²) in [6.07, 6.45) is 10.9. The molecule has 2 saturated heterocycles. The van der Waals surface area contributed by atoms with Crippen LogP contribution >= 0.6 is 0 Å². The van der Waals surface area contributed by atoms with Gasteiger partial charge >= 0.3 is 0 Å². The Labute approximate surface area is 118 Å². The highest BCUT2D eigenvalue weighted by molar-refractivity contribution is 5.77. The SMILES string of the molecule is CCCCCCCCN1C(=O)CCC2CNCCC21. The van der Waals surface area contributed by atoms with Crippen molar-refractivity contribution in [2.75, 3.05) is 19.6 Å². The molecule has 0 saturated carbocycles. The van der Waals surface area contributed by atoms with Gasteiger partial charge in [0.05, 0.1) is 0 Å². The van der Waals surface area contributed by atoms with Crippen LogP contribution in [0.5, 0.6) is 0 Å². The summed E-state index contributed by atoms with van der Waals surface area (Å²) in [7, 11) is 0. The fourth-order valence-electron chi connectivity index (χ4n) is 3.60. The summed E-state index contributed by atoms with van der Waals surface area (Å²) in [6, 6.07) is 0.540. The van der Waals surface area contributed by atoms with Gasteiger partial charge in [-0.05, 0) is 38.3 Å². The molecule has 0 spiro atoms. The number of amides is 1. The molecule has 2 rings (SSSR count). The molecule has 2 atom stereocenters. The van der Waals surface area contributed by atoms with E-state index in [-0.39, 0.29) is 0 Å². The molecule has 110 valence electrons. The zero-order valence-corrected chi connectivity index (χ0v) is 12.5. The second-order valence-electron chi connectivity index (χ2n) is 6.21. The van der Waals surface area contributed by atoms with E-state index in [9.17, 15) is 4.79 Å². The molecule has 1 amide bonds. The first kappa shape index (κ1) is 14.8.